The maximum Gasteiger partial charge on any atom is 0.163 e. The molecule has 26 heavy (non-hydrogen) atoms. The van der Waals surface area contributed by atoms with Crippen LogP contribution in [0.4, 0.5) is 5.82 Å². The van der Waals surface area contributed by atoms with Crippen molar-refractivity contribution in [2.24, 2.45) is 0 Å². The lowest BCUT2D eigenvalue weighted by atomic mass is 9.92. The van der Waals surface area contributed by atoms with Crippen molar-refractivity contribution in [3.8, 4) is 17.2 Å². The first-order chi connectivity index (χ1) is 12.8. The molecule has 6 heteroatoms. The largest absolute Gasteiger partial charge is 0.486 e. The Kier molecular flexibility index (Phi) is 4.00. The third kappa shape index (κ3) is 2.63. The van der Waals surface area contributed by atoms with E-state index in [-0.39, 0.29) is 0 Å². The van der Waals surface area contributed by atoms with Crippen LogP contribution in [0.15, 0.2) is 18.2 Å². The number of fused-ring (bicyclic) bond motifs is 2. The lowest BCUT2D eigenvalue weighted by Crippen LogP contribution is -2.34. The van der Waals surface area contributed by atoms with Crippen LogP contribution in [-0.2, 0) is 6.42 Å². The Morgan fingerprint density at radius 1 is 1.23 bits per heavy atom. The number of piperidine rings is 1. The maximum absolute atomic E-state index is 5.76. The van der Waals surface area contributed by atoms with Gasteiger partial charge in [0.15, 0.2) is 11.5 Å². The Labute approximate surface area is 154 Å². The van der Waals surface area contributed by atoms with Crippen LogP contribution in [0.3, 0.4) is 0 Å². The molecule has 1 aromatic carbocycles. The average Bonchev–Trinajstić information content (AvgIpc) is 3.30. The zero-order valence-corrected chi connectivity index (χ0v) is 15.3. The minimum Gasteiger partial charge on any atom is -0.486 e. The monoisotopic (exact) mass is 354 g/mol. The van der Waals surface area contributed by atoms with Crippen LogP contribution in [0.2, 0.25) is 0 Å². The fraction of sp³-hybridized carbons (Fsp3) is 0.550. The predicted molar refractivity (Wildman–Crippen MR) is 101 cm³/mol. The van der Waals surface area contributed by atoms with E-state index in [0.29, 0.717) is 19.1 Å². The van der Waals surface area contributed by atoms with Crippen molar-refractivity contribution in [2.75, 3.05) is 44.7 Å². The number of rotatable bonds is 3. The Bertz CT molecular complexity index is 816. The van der Waals surface area contributed by atoms with E-state index in [2.05, 4.69) is 27.9 Å². The predicted octanol–water partition coefficient (Wildman–Crippen LogP) is 2.81. The number of likely N-dealkylation sites (N-methyl/N-ethyl adjacent to an activating group) is 1. The summed E-state index contributed by atoms with van der Waals surface area (Å²) in [4.78, 5) is 2.55. The first-order valence-electron chi connectivity index (χ1n) is 9.81. The highest BCUT2D eigenvalue weighted by Crippen LogP contribution is 2.38. The molecule has 6 nitrogen and oxygen atoms in total. The minimum absolute atomic E-state index is 0.538. The summed E-state index contributed by atoms with van der Waals surface area (Å²) in [5.74, 6) is 3.33. The van der Waals surface area contributed by atoms with E-state index in [1.54, 1.807) is 0 Å². The van der Waals surface area contributed by atoms with Gasteiger partial charge in [-0.2, -0.15) is 5.10 Å². The van der Waals surface area contributed by atoms with Crippen molar-refractivity contribution < 1.29 is 9.47 Å². The first-order valence-corrected chi connectivity index (χ1v) is 9.81. The van der Waals surface area contributed by atoms with E-state index >= 15 is 0 Å². The van der Waals surface area contributed by atoms with Gasteiger partial charge in [-0.3, -0.25) is 0 Å². The number of nitrogens with zero attached hydrogens (tertiary/aromatic N) is 3. The smallest absolute Gasteiger partial charge is 0.163 e. The zero-order valence-electron chi connectivity index (χ0n) is 15.3. The van der Waals surface area contributed by atoms with Gasteiger partial charge in [0.1, 0.15) is 19.0 Å². The van der Waals surface area contributed by atoms with Crippen LogP contribution in [0.25, 0.3) is 5.69 Å². The Hall–Kier alpha value is -2.21. The summed E-state index contributed by atoms with van der Waals surface area (Å²) in [6.07, 6.45) is 3.57. The second kappa shape index (κ2) is 6.50. The highest BCUT2D eigenvalue weighted by molar-refractivity contribution is 5.60. The highest BCUT2D eigenvalue weighted by atomic mass is 16.6. The lowest BCUT2D eigenvalue weighted by Gasteiger charge is -2.31. The van der Waals surface area contributed by atoms with Crippen LogP contribution in [0.5, 0.6) is 11.5 Å². The first kappa shape index (κ1) is 16.0. The summed E-state index contributed by atoms with van der Waals surface area (Å²) in [5.41, 5.74) is 3.73. The van der Waals surface area contributed by atoms with Gasteiger partial charge in [0.25, 0.3) is 0 Å². The van der Waals surface area contributed by atoms with Crippen LogP contribution in [0, 0.1) is 0 Å². The van der Waals surface area contributed by atoms with Crippen LogP contribution < -0.4 is 14.8 Å². The van der Waals surface area contributed by atoms with E-state index < -0.39 is 0 Å². The van der Waals surface area contributed by atoms with E-state index in [9.17, 15) is 0 Å². The molecule has 0 bridgehead atoms. The van der Waals surface area contributed by atoms with Crippen molar-refractivity contribution in [3.05, 3.63) is 29.5 Å². The summed E-state index contributed by atoms with van der Waals surface area (Å²) in [7, 11) is 0. The summed E-state index contributed by atoms with van der Waals surface area (Å²) in [6, 6.07) is 6.11. The van der Waals surface area contributed by atoms with Gasteiger partial charge in [-0.25, -0.2) is 4.68 Å². The molecule has 0 spiro atoms. The number of aromatic nitrogens is 2. The number of anilines is 1. The third-order valence-electron chi connectivity index (χ3n) is 5.79. The minimum atomic E-state index is 0.538. The molecule has 0 saturated carbocycles. The zero-order chi connectivity index (χ0) is 17.5. The fourth-order valence-electron chi connectivity index (χ4n) is 4.45. The molecule has 1 atom stereocenters. The number of hydrogen-bond acceptors (Lipinski definition) is 5. The summed E-state index contributed by atoms with van der Waals surface area (Å²) >= 11 is 0. The molecular weight excluding hydrogens is 328 g/mol. The molecular formula is C20H26N4O2. The Morgan fingerprint density at radius 3 is 3.00 bits per heavy atom. The van der Waals surface area contributed by atoms with Gasteiger partial charge in [-0.15, -0.1) is 0 Å². The number of benzene rings is 1. The number of ether oxygens (including phenoxy) is 2. The van der Waals surface area contributed by atoms with Crippen molar-refractivity contribution in [1.82, 2.24) is 14.7 Å². The Morgan fingerprint density at radius 2 is 2.12 bits per heavy atom. The molecule has 1 saturated heterocycles. The standard InChI is InChI=1S/C20H26N4O2/c1-2-23-9-3-4-14(13-23)19-16-7-8-21-20(16)24(22-19)15-5-6-17-18(12-15)26-11-10-25-17/h5-6,12,14,21H,2-4,7-11,13H2,1H3. The molecule has 0 amide bonds. The molecule has 2 aromatic rings. The number of likely N-dealkylation sites (tertiary alicyclic amines) is 1. The van der Waals surface area contributed by atoms with Gasteiger partial charge in [-0.05, 0) is 44.5 Å². The normalized spacial score (nSPS) is 22.1. The van der Waals surface area contributed by atoms with Gasteiger partial charge in [0.2, 0.25) is 0 Å². The average molecular weight is 354 g/mol. The number of nitrogens with one attached hydrogen (secondary N) is 1. The fourth-order valence-corrected chi connectivity index (χ4v) is 4.45. The van der Waals surface area contributed by atoms with Crippen molar-refractivity contribution in [2.45, 2.75) is 32.1 Å². The second-order valence-corrected chi connectivity index (χ2v) is 7.36. The summed E-state index contributed by atoms with van der Waals surface area (Å²) in [6.45, 7) is 7.94. The molecule has 5 rings (SSSR count). The van der Waals surface area contributed by atoms with Gasteiger partial charge >= 0.3 is 0 Å². The highest BCUT2D eigenvalue weighted by Gasteiger charge is 2.30. The van der Waals surface area contributed by atoms with Crippen LogP contribution in [0.1, 0.15) is 36.9 Å². The Balaban J connectivity index is 1.52. The van der Waals surface area contributed by atoms with Gasteiger partial charge < -0.3 is 19.7 Å². The maximum atomic E-state index is 5.76. The lowest BCUT2D eigenvalue weighted by molar-refractivity contribution is 0.171. The van der Waals surface area contributed by atoms with Crippen LogP contribution in [-0.4, -0.2) is 54.1 Å². The molecule has 1 fully saturated rings. The molecule has 1 unspecified atom stereocenters. The van der Waals surface area contributed by atoms with E-state index in [1.165, 1.54) is 30.6 Å². The second-order valence-electron chi connectivity index (χ2n) is 7.36. The van der Waals surface area contributed by atoms with E-state index in [4.69, 9.17) is 14.6 Å². The van der Waals surface area contributed by atoms with Gasteiger partial charge in [0.05, 0.1) is 11.4 Å². The van der Waals surface area contributed by atoms with Gasteiger partial charge in [0, 0.05) is 30.6 Å². The van der Waals surface area contributed by atoms with Crippen LogP contribution >= 0.6 is 0 Å². The quantitative estimate of drug-likeness (QED) is 0.919. The molecule has 1 N–H and O–H groups in total. The molecule has 3 aliphatic rings. The molecule has 1 aromatic heterocycles. The molecule has 138 valence electrons. The van der Waals surface area contributed by atoms with Gasteiger partial charge in [-0.1, -0.05) is 6.92 Å². The summed E-state index contributed by atoms with van der Waals surface area (Å²) < 4.78 is 13.5. The van der Waals surface area contributed by atoms with E-state index in [1.807, 2.05) is 12.1 Å². The molecule has 0 radical (unpaired) electrons. The number of hydrogen-bond donors (Lipinski definition) is 1. The summed E-state index contributed by atoms with van der Waals surface area (Å²) in [5, 5.41) is 8.62. The molecule has 4 heterocycles. The third-order valence-corrected chi connectivity index (χ3v) is 5.79. The van der Waals surface area contributed by atoms with Crippen molar-refractivity contribution in [3.63, 3.8) is 0 Å². The molecule has 3 aliphatic heterocycles. The SMILES string of the molecule is CCN1CCCC(c2nn(-c3ccc4c(c3)OCCO4)c3c2CCN3)C1. The van der Waals surface area contributed by atoms with E-state index in [0.717, 1.165) is 49.1 Å². The molecule has 0 aliphatic carbocycles. The van der Waals surface area contributed by atoms with Crippen molar-refractivity contribution in [1.29, 1.82) is 0 Å². The van der Waals surface area contributed by atoms with Crippen molar-refractivity contribution >= 4 is 5.82 Å². The topological polar surface area (TPSA) is 51.6 Å².